The van der Waals surface area contributed by atoms with Crippen molar-refractivity contribution in [1.82, 2.24) is 9.80 Å². The van der Waals surface area contributed by atoms with E-state index in [1.807, 2.05) is 23.6 Å². The topological polar surface area (TPSA) is 40.6 Å². The molecule has 0 unspecified atom stereocenters. The molecule has 3 saturated heterocycles. The van der Waals surface area contributed by atoms with Gasteiger partial charge in [0.25, 0.3) is 0 Å². The fourth-order valence-corrected chi connectivity index (χ4v) is 5.68. The van der Waals surface area contributed by atoms with Gasteiger partial charge in [0.2, 0.25) is 11.8 Å². The van der Waals surface area contributed by atoms with Gasteiger partial charge in [0.05, 0.1) is 11.8 Å². The van der Waals surface area contributed by atoms with Gasteiger partial charge in [-0.15, -0.1) is 0 Å². The van der Waals surface area contributed by atoms with Gasteiger partial charge in [-0.2, -0.15) is 24.9 Å². The lowest BCUT2D eigenvalue weighted by Crippen LogP contribution is -2.53. The van der Waals surface area contributed by atoms with Crippen LogP contribution < -0.4 is 0 Å². The molecule has 3 aliphatic heterocycles. The Labute approximate surface area is 150 Å². The summed E-state index contributed by atoms with van der Waals surface area (Å²) in [5.74, 6) is 1.51. The summed E-state index contributed by atoms with van der Waals surface area (Å²) in [5.41, 5.74) is -0.598. The molecule has 0 spiro atoms. The molecule has 3 rings (SSSR count). The standard InChI is InChI=1S/C17H25F3N2O2S/c1-2-16(15(24)21-7-9-25-10-8-21)11-12-3-4-13(16)22(12)14(23)5-6-17(18,19)20/h12-13H,2-11H2,1H3/t12-,13+,16+/m0/s1. The molecular weight excluding hydrogens is 353 g/mol. The van der Waals surface area contributed by atoms with E-state index in [1.54, 1.807) is 4.90 Å². The summed E-state index contributed by atoms with van der Waals surface area (Å²) < 4.78 is 37.4. The summed E-state index contributed by atoms with van der Waals surface area (Å²) in [4.78, 5) is 29.2. The molecule has 4 nitrogen and oxygen atoms in total. The molecule has 3 aliphatic rings. The van der Waals surface area contributed by atoms with Crippen LogP contribution in [0.2, 0.25) is 0 Å². The van der Waals surface area contributed by atoms with Crippen molar-refractivity contribution in [3.05, 3.63) is 0 Å². The molecule has 3 atom stereocenters. The smallest absolute Gasteiger partial charge is 0.340 e. The van der Waals surface area contributed by atoms with Crippen molar-refractivity contribution in [1.29, 1.82) is 0 Å². The first kappa shape index (κ1) is 18.9. The van der Waals surface area contributed by atoms with Gasteiger partial charge in [0, 0.05) is 43.1 Å². The summed E-state index contributed by atoms with van der Waals surface area (Å²) in [6.45, 7) is 3.42. The second-order valence-electron chi connectivity index (χ2n) is 7.28. The number of amides is 2. The maximum atomic E-state index is 13.2. The predicted octanol–water partition coefficient (Wildman–Crippen LogP) is 3.06. The highest BCUT2D eigenvalue weighted by molar-refractivity contribution is 7.99. The first-order chi connectivity index (χ1) is 11.8. The van der Waals surface area contributed by atoms with Gasteiger partial charge in [0.15, 0.2) is 0 Å². The minimum absolute atomic E-state index is 0.0752. The number of fused-ring (bicyclic) bond motifs is 2. The molecule has 0 N–H and O–H groups in total. The molecule has 3 fully saturated rings. The number of rotatable bonds is 4. The number of halogens is 3. The zero-order valence-electron chi connectivity index (χ0n) is 14.5. The van der Waals surface area contributed by atoms with Crippen LogP contribution in [-0.4, -0.2) is 64.5 Å². The van der Waals surface area contributed by atoms with Crippen molar-refractivity contribution in [3.8, 4) is 0 Å². The highest BCUT2D eigenvalue weighted by Gasteiger charge is 2.61. The quantitative estimate of drug-likeness (QED) is 0.755. The second kappa shape index (κ2) is 7.00. The number of alkyl halides is 3. The summed E-state index contributed by atoms with van der Waals surface area (Å²) in [5, 5.41) is 0. The first-order valence-corrected chi connectivity index (χ1v) is 10.2. The van der Waals surface area contributed by atoms with Crippen LogP contribution in [0.5, 0.6) is 0 Å². The van der Waals surface area contributed by atoms with E-state index >= 15 is 0 Å². The highest BCUT2D eigenvalue weighted by atomic mass is 32.2. The van der Waals surface area contributed by atoms with E-state index in [-0.39, 0.29) is 18.0 Å². The fraction of sp³-hybridized carbons (Fsp3) is 0.882. The summed E-state index contributed by atoms with van der Waals surface area (Å²) >= 11 is 1.83. The average molecular weight is 378 g/mol. The monoisotopic (exact) mass is 378 g/mol. The largest absolute Gasteiger partial charge is 0.389 e. The van der Waals surface area contributed by atoms with Crippen LogP contribution in [0.3, 0.4) is 0 Å². The Morgan fingerprint density at radius 1 is 1.20 bits per heavy atom. The van der Waals surface area contributed by atoms with E-state index in [0.717, 1.165) is 37.4 Å². The second-order valence-corrected chi connectivity index (χ2v) is 8.51. The average Bonchev–Trinajstić information content (AvgIpc) is 3.15. The summed E-state index contributed by atoms with van der Waals surface area (Å²) in [6.07, 6.45) is -3.15. The molecule has 8 heteroatoms. The van der Waals surface area contributed by atoms with Gasteiger partial charge < -0.3 is 9.80 Å². The molecule has 0 aromatic rings. The molecule has 0 radical (unpaired) electrons. The van der Waals surface area contributed by atoms with E-state index in [1.165, 1.54) is 0 Å². The van der Waals surface area contributed by atoms with Crippen molar-refractivity contribution < 1.29 is 22.8 Å². The lowest BCUT2D eigenvalue weighted by molar-refractivity contribution is -0.152. The maximum Gasteiger partial charge on any atom is 0.389 e. The third kappa shape index (κ3) is 3.51. The number of thioether (sulfide) groups is 1. The molecule has 25 heavy (non-hydrogen) atoms. The van der Waals surface area contributed by atoms with Gasteiger partial charge in [-0.3, -0.25) is 9.59 Å². The van der Waals surface area contributed by atoms with E-state index in [4.69, 9.17) is 0 Å². The van der Waals surface area contributed by atoms with E-state index in [9.17, 15) is 22.8 Å². The molecule has 0 aliphatic carbocycles. The Morgan fingerprint density at radius 3 is 2.48 bits per heavy atom. The summed E-state index contributed by atoms with van der Waals surface area (Å²) in [6, 6.07) is -0.306. The third-order valence-electron chi connectivity index (χ3n) is 6.01. The number of hydrogen-bond acceptors (Lipinski definition) is 3. The van der Waals surface area contributed by atoms with Crippen LogP contribution in [0.15, 0.2) is 0 Å². The molecule has 0 saturated carbocycles. The van der Waals surface area contributed by atoms with Gasteiger partial charge >= 0.3 is 6.18 Å². The SMILES string of the molecule is CC[C@@]1(C(=O)N2CCSCC2)C[C@@H]2CC[C@H]1N2C(=O)CCC(F)(F)F. The van der Waals surface area contributed by atoms with Gasteiger partial charge in [0.1, 0.15) is 0 Å². The lowest BCUT2D eigenvalue weighted by Gasteiger charge is -2.40. The van der Waals surface area contributed by atoms with Crippen LogP contribution in [-0.2, 0) is 9.59 Å². The molecule has 2 amide bonds. The Morgan fingerprint density at radius 2 is 1.88 bits per heavy atom. The van der Waals surface area contributed by atoms with Crippen LogP contribution in [0.1, 0.15) is 45.4 Å². The van der Waals surface area contributed by atoms with E-state index in [2.05, 4.69) is 0 Å². The number of carbonyl (C=O) groups excluding carboxylic acids is 2. The van der Waals surface area contributed by atoms with Crippen molar-refractivity contribution >= 4 is 23.6 Å². The molecular formula is C17H25F3N2O2S. The molecule has 2 bridgehead atoms. The van der Waals surface area contributed by atoms with E-state index in [0.29, 0.717) is 12.8 Å². The zero-order chi connectivity index (χ0) is 18.2. The minimum Gasteiger partial charge on any atom is -0.340 e. The third-order valence-corrected chi connectivity index (χ3v) is 6.95. The Kier molecular flexibility index (Phi) is 5.28. The Hall–Kier alpha value is -0.920. The highest BCUT2D eigenvalue weighted by Crippen LogP contribution is 2.53. The van der Waals surface area contributed by atoms with Crippen molar-refractivity contribution in [3.63, 3.8) is 0 Å². The van der Waals surface area contributed by atoms with Crippen LogP contribution in [0, 0.1) is 5.41 Å². The Balaban J connectivity index is 1.75. The fourth-order valence-electron chi connectivity index (χ4n) is 4.78. The van der Waals surface area contributed by atoms with Crippen LogP contribution in [0.4, 0.5) is 13.2 Å². The number of nitrogens with zero attached hydrogens (tertiary/aromatic N) is 2. The van der Waals surface area contributed by atoms with Crippen LogP contribution in [0.25, 0.3) is 0 Å². The van der Waals surface area contributed by atoms with E-state index < -0.39 is 30.3 Å². The predicted molar refractivity (Wildman–Crippen MR) is 90.2 cm³/mol. The van der Waals surface area contributed by atoms with Crippen LogP contribution >= 0.6 is 11.8 Å². The summed E-state index contributed by atoms with van der Waals surface area (Å²) in [7, 11) is 0. The number of carbonyl (C=O) groups is 2. The number of hydrogen-bond donors (Lipinski definition) is 0. The van der Waals surface area contributed by atoms with Crippen molar-refractivity contribution in [2.75, 3.05) is 24.6 Å². The molecule has 0 aromatic carbocycles. The van der Waals surface area contributed by atoms with Gasteiger partial charge in [-0.1, -0.05) is 6.92 Å². The Bertz CT molecular complexity index is 536. The first-order valence-electron chi connectivity index (χ1n) is 9.03. The zero-order valence-corrected chi connectivity index (χ0v) is 15.3. The lowest BCUT2D eigenvalue weighted by atomic mass is 9.70. The maximum absolute atomic E-state index is 13.2. The molecule has 3 heterocycles. The minimum atomic E-state index is -4.32. The van der Waals surface area contributed by atoms with Crippen molar-refractivity contribution in [2.24, 2.45) is 5.41 Å². The van der Waals surface area contributed by atoms with Crippen molar-refractivity contribution in [2.45, 2.75) is 63.7 Å². The van der Waals surface area contributed by atoms with Gasteiger partial charge in [-0.25, -0.2) is 0 Å². The molecule has 0 aromatic heterocycles. The van der Waals surface area contributed by atoms with Gasteiger partial charge in [-0.05, 0) is 25.7 Å². The molecule has 142 valence electrons. The normalized spacial score (nSPS) is 32.3.